The summed E-state index contributed by atoms with van der Waals surface area (Å²) in [6.45, 7) is 0. The number of non-ortho nitro benzene ring substituents is 1. The Bertz CT molecular complexity index is 1000. The molecule has 3 rings (SSSR count). The SMILES string of the molecule is O=C(N/N=C/c1cc([N+](=O)[O-])ccc1Cl)c1ccc2ccccc2n1. The van der Waals surface area contributed by atoms with E-state index in [0.717, 1.165) is 5.39 Å². The Morgan fingerprint density at radius 2 is 2.00 bits per heavy atom. The highest BCUT2D eigenvalue weighted by Gasteiger charge is 2.09. The zero-order valence-corrected chi connectivity index (χ0v) is 13.5. The number of carbonyl (C=O) groups excluding carboxylic acids is 1. The predicted octanol–water partition coefficient (Wildman–Crippen LogP) is 3.56. The first-order valence-corrected chi connectivity index (χ1v) is 7.55. The van der Waals surface area contributed by atoms with E-state index in [2.05, 4.69) is 15.5 Å². The van der Waals surface area contributed by atoms with Crippen LogP contribution >= 0.6 is 11.6 Å². The number of rotatable bonds is 4. The molecule has 0 saturated heterocycles. The molecule has 0 saturated carbocycles. The largest absolute Gasteiger partial charge is 0.289 e. The van der Waals surface area contributed by atoms with Crippen molar-refractivity contribution in [3.8, 4) is 0 Å². The van der Waals surface area contributed by atoms with Crippen LogP contribution in [0.15, 0.2) is 59.7 Å². The van der Waals surface area contributed by atoms with Gasteiger partial charge in [-0.3, -0.25) is 14.9 Å². The van der Waals surface area contributed by atoms with Crippen LogP contribution in [-0.4, -0.2) is 22.0 Å². The molecular formula is C17H11ClN4O3. The van der Waals surface area contributed by atoms with Gasteiger partial charge in [0.2, 0.25) is 0 Å². The van der Waals surface area contributed by atoms with E-state index in [1.54, 1.807) is 18.2 Å². The van der Waals surface area contributed by atoms with Gasteiger partial charge in [-0.2, -0.15) is 5.10 Å². The summed E-state index contributed by atoms with van der Waals surface area (Å²) < 4.78 is 0. The number of aromatic nitrogens is 1. The fourth-order valence-electron chi connectivity index (χ4n) is 2.15. The fraction of sp³-hybridized carbons (Fsp3) is 0. The minimum atomic E-state index is -0.536. The number of nitro benzene ring substituents is 1. The van der Waals surface area contributed by atoms with Crippen LogP contribution in [0.25, 0.3) is 10.9 Å². The Labute approximate surface area is 147 Å². The lowest BCUT2D eigenvalue weighted by Crippen LogP contribution is -2.19. The number of halogens is 1. The molecule has 7 nitrogen and oxygen atoms in total. The van der Waals surface area contributed by atoms with E-state index in [9.17, 15) is 14.9 Å². The van der Waals surface area contributed by atoms with Crippen molar-refractivity contribution in [2.45, 2.75) is 0 Å². The summed E-state index contributed by atoms with van der Waals surface area (Å²) in [5, 5.41) is 15.8. The Hall–Kier alpha value is -3.32. The lowest BCUT2D eigenvalue weighted by atomic mass is 10.2. The number of nitro groups is 1. The van der Waals surface area contributed by atoms with Gasteiger partial charge in [0.05, 0.1) is 16.7 Å². The van der Waals surface area contributed by atoms with Gasteiger partial charge < -0.3 is 0 Å². The van der Waals surface area contributed by atoms with Gasteiger partial charge in [0.25, 0.3) is 11.6 Å². The molecule has 1 amide bonds. The lowest BCUT2D eigenvalue weighted by Gasteiger charge is -2.02. The highest BCUT2D eigenvalue weighted by Crippen LogP contribution is 2.20. The molecule has 0 bridgehead atoms. The standard InChI is InChI=1S/C17H11ClN4O3/c18-14-7-6-13(22(24)25)9-12(14)10-19-21-17(23)16-8-5-11-3-1-2-4-15(11)20-16/h1-10H,(H,21,23)/b19-10+. The molecule has 0 fully saturated rings. The van der Waals surface area contributed by atoms with Gasteiger partial charge in [0, 0.05) is 28.1 Å². The average Bonchev–Trinajstić information content (AvgIpc) is 2.62. The third-order valence-electron chi connectivity index (χ3n) is 3.39. The maximum atomic E-state index is 12.1. The van der Waals surface area contributed by atoms with E-state index in [-0.39, 0.29) is 16.4 Å². The summed E-state index contributed by atoms with van der Waals surface area (Å²) in [7, 11) is 0. The van der Waals surface area contributed by atoms with Crippen LogP contribution in [0.4, 0.5) is 5.69 Å². The van der Waals surface area contributed by atoms with Crippen molar-refractivity contribution in [3.05, 3.63) is 81.0 Å². The summed E-state index contributed by atoms with van der Waals surface area (Å²) in [5.74, 6) is -0.497. The number of hydrazone groups is 1. The van der Waals surface area contributed by atoms with E-state index in [0.29, 0.717) is 11.1 Å². The van der Waals surface area contributed by atoms with Crippen molar-refractivity contribution in [1.29, 1.82) is 0 Å². The van der Waals surface area contributed by atoms with E-state index in [1.165, 1.54) is 24.4 Å². The van der Waals surface area contributed by atoms with Gasteiger partial charge >= 0.3 is 0 Å². The second kappa shape index (κ2) is 7.06. The molecule has 124 valence electrons. The van der Waals surface area contributed by atoms with Crippen molar-refractivity contribution in [3.63, 3.8) is 0 Å². The Balaban J connectivity index is 1.76. The molecule has 0 spiro atoms. The summed E-state index contributed by atoms with van der Waals surface area (Å²) in [5.41, 5.74) is 3.44. The number of hydrogen-bond acceptors (Lipinski definition) is 5. The van der Waals surface area contributed by atoms with Crippen LogP contribution in [0.2, 0.25) is 5.02 Å². The van der Waals surface area contributed by atoms with Gasteiger partial charge in [-0.25, -0.2) is 10.4 Å². The summed E-state index contributed by atoms with van der Waals surface area (Å²) in [6.07, 6.45) is 1.24. The molecule has 0 aliphatic carbocycles. The number of benzene rings is 2. The Morgan fingerprint density at radius 1 is 1.20 bits per heavy atom. The van der Waals surface area contributed by atoms with Crippen molar-refractivity contribution in [1.82, 2.24) is 10.4 Å². The van der Waals surface area contributed by atoms with Crippen LogP contribution in [0.3, 0.4) is 0 Å². The highest BCUT2D eigenvalue weighted by molar-refractivity contribution is 6.33. The number of hydrogen-bond donors (Lipinski definition) is 1. The average molecular weight is 355 g/mol. The van der Waals surface area contributed by atoms with E-state index in [4.69, 9.17) is 11.6 Å². The number of para-hydroxylation sites is 1. The molecule has 0 aliphatic rings. The number of fused-ring (bicyclic) bond motifs is 1. The maximum absolute atomic E-state index is 12.1. The molecule has 1 aromatic heterocycles. The summed E-state index contributed by atoms with van der Waals surface area (Å²) in [4.78, 5) is 26.6. The van der Waals surface area contributed by atoms with Crippen LogP contribution in [0, 0.1) is 10.1 Å². The molecule has 3 aromatic rings. The Morgan fingerprint density at radius 3 is 2.80 bits per heavy atom. The third kappa shape index (κ3) is 3.78. The van der Waals surface area contributed by atoms with Crippen LogP contribution in [0.1, 0.15) is 16.1 Å². The molecular weight excluding hydrogens is 344 g/mol. The molecule has 25 heavy (non-hydrogen) atoms. The van der Waals surface area contributed by atoms with Gasteiger partial charge in [0.15, 0.2) is 0 Å². The summed E-state index contributed by atoms with van der Waals surface area (Å²) >= 11 is 5.96. The number of amides is 1. The molecule has 1 heterocycles. The first-order chi connectivity index (χ1) is 12.0. The molecule has 8 heteroatoms. The minimum Gasteiger partial charge on any atom is -0.266 e. The van der Waals surface area contributed by atoms with Crippen molar-refractivity contribution in [2.75, 3.05) is 0 Å². The molecule has 0 radical (unpaired) electrons. The lowest BCUT2D eigenvalue weighted by molar-refractivity contribution is -0.384. The van der Waals surface area contributed by atoms with Gasteiger partial charge in [-0.05, 0) is 18.2 Å². The number of carbonyl (C=O) groups is 1. The van der Waals surface area contributed by atoms with Crippen molar-refractivity contribution < 1.29 is 9.72 Å². The smallest absolute Gasteiger partial charge is 0.266 e. The van der Waals surface area contributed by atoms with Gasteiger partial charge in [-0.15, -0.1) is 0 Å². The first kappa shape index (κ1) is 16.5. The van der Waals surface area contributed by atoms with Crippen molar-refractivity contribution >= 4 is 40.3 Å². The number of nitrogens with one attached hydrogen (secondary N) is 1. The first-order valence-electron chi connectivity index (χ1n) is 7.18. The van der Waals surface area contributed by atoms with Crippen LogP contribution < -0.4 is 5.43 Å². The van der Waals surface area contributed by atoms with Gasteiger partial charge in [0.1, 0.15) is 5.69 Å². The second-order valence-corrected chi connectivity index (χ2v) is 5.46. The molecule has 1 N–H and O–H groups in total. The molecule has 0 atom stereocenters. The molecule has 0 unspecified atom stereocenters. The molecule has 2 aromatic carbocycles. The zero-order valence-electron chi connectivity index (χ0n) is 12.7. The van der Waals surface area contributed by atoms with Crippen LogP contribution in [-0.2, 0) is 0 Å². The third-order valence-corrected chi connectivity index (χ3v) is 3.74. The monoisotopic (exact) mass is 354 g/mol. The minimum absolute atomic E-state index is 0.117. The predicted molar refractivity (Wildman–Crippen MR) is 94.9 cm³/mol. The highest BCUT2D eigenvalue weighted by atomic mass is 35.5. The zero-order chi connectivity index (χ0) is 17.8. The fourth-order valence-corrected chi connectivity index (χ4v) is 2.32. The maximum Gasteiger partial charge on any atom is 0.289 e. The number of pyridine rings is 1. The quantitative estimate of drug-likeness (QED) is 0.440. The number of nitrogens with zero attached hydrogens (tertiary/aromatic N) is 3. The molecule has 0 aliphatic heterocycles. The Kier molecular flexibility index (Phi) is 4.67. The normalized spacial score (nSPS) is 10.9. The van der Waals surface area contributed by atoms with Crippen LogP contribution in [0.5, 0.6) is 0 Å². The van der Waals surface area contributed by atoms with E-state index >= 15 is 0 Å². The van der Waals surface area contributed by atoms with E-state index < -0.39 is 10.8 Å². The van der Waals surface area contributed by atoms with Crippen molar-refractivity contribution in [2.24, 2.45) is 5.10 Å². The van der Waals surface area contributed by atoms with Gasteiger partial charge in [-0.1, -0.05) is 35.9 Å². The second-order valence-electron chi connectivity index (χ2n) is 5.05. The topological polar surface area (TPSA) is 97.5 Å². The summed E-state index contributed by atoms with van der Waals surface area (Å²) in [6, 6.07) is 14.8. The van der Waals surface area contributed by atoms with E-state index in [1.807, 2.05) is 18.2 Å².